The lowest BCUT2D eigenvalue weighted by molar-refractivity contribution is -0.180. The third-order valence-corrected chi connectivity index (χ3v) is 8.56. The Bertz CT molecular complexity index is 475. The molecule has 4 aliphatic carbocycles. The van der Waals surface area contributed by atoms with Gasteiger partial charge in [0, 0.05) is 0 Å². The fraction of sp³-hybridized carbons (Fsp3) is 1.00. The average Bonchev–Trinajstić information content (AvgIpc) is 2.65. The summed E-state index contributed by atoms with van der Waals surface area (Å²) >= 11 is 0. The Balaban J connectivity index is 1.72. The molecule has 4 saturated carbocycles. The van der Waals surface area contributed by atoms with Crippen LogP contribution in [0.1, 0.15) is 71.6 Å². The molecule has 3 heteroatoms. The van der Waals surface area contributed by atoms with Crippen LogP contribution in [0, 0.1) is 28.6 Å². The zero-order valence-electron chi connectivity index (χ0n) is 14.1. The normalized spacial score (nSPS) is 60.7. The van der Waals surface area contributed by atoms with Crippen molar-refractivity contribution in [1.29, 1.82) is 0 Å². The quantitative estimate of drug-likeness (QED) is 0.698. The van der Waals surface area contributed by atoms with Gasteiger partial charge in [-0.05, 0) is 86.9 Å². The van der Waals surface area contributed by atoms with E-state index in [4.69, 9.17) is 0 Å². The van der Waals surface area contributed by atoms with Crippen LogP contribution in [0.2, 0.25) is 0 Å². The molecule has 0 aliphatic heterocycles. The van der Waals surface area contributed by atoms with Crippen molar-refractivity contribution in [2.45, 2.75) is 82.8 Å². The molecule has 0 aromatic rings. The Morgan fingerprint density at radius 3 is 2.45 bits per heavy atom. The van der Waals surface area contributed by atoms with Crippen LogP contribution in [0.25, 0.3) is 0 Å². The van der Waals surface area contributed by atoms with E-state index < -0.39 is 11.2 Å². The summed E-state index contributed by atoms with van der Waals surface area (Å²) in [6, 6.07) is 0. The molecule has 3 N–H and O–H groups in total. The topological polar surface area (TPSA) is 60.7 Å². The number of aliphatic hydroxyl groups is 3. The first kappa shape index (κ1) is 15.4. The second-order valence-electron chi connectivity index (χ2n) is 9.64. The largest absolute Gasteiger partial charge is 0.393 e. The summed E-state index contributed by atoms with van der Waals surface area (Å²) in [6.45, 7) is 4.40. The Hall–Kier alpha value is -0.120. The van der Waals surface area contributed by atoms with E-state index in [1.165, 1.54) is 12.8 Å². The summed E-state index contributed by atoms with van der Waals surface area (Å²) in [6.07, 6.45) is 9.62. The molecule has 4 rings (SSSR count). The van der Waals surface area contributed by atoms with Gasteiger partial charge >= 0.3 is 0 Å². The minimum atomic E-state index is -0.838. The predicted octanol–water partition coefficient (Wildman–Crippen LogP) is 2.87. The Morgan fingerprint density at radius 1 is 0.955 bits per heavy atom. The summed E-state index contributed by atoms with van der Waals surface area (Å²) in [5.74, 6) is 1.31. The highest BCUT2D eigenvalue weighted by Gasteiger charge is 2.67. The second kappa shape index (κ2) is 4.49. The molecule has 3 nitrogen and oxygen atoms in total. The number of hydrogen-bond acceptors (Lipinski definition) is 3. The van der Waals surface area contributed by atoms with Crippen molar-refractivity contribution in [2.75, 3.05) is 6.61 Å². The summed E-state index contributed by atoms with van der Waals surface area (Å²) in [5, 5.41) is 31.6. The molecule has 4 fully saturated rings. The van der Waals surface area contributed by atoms with Crippen molar-refractivity contribution in [2.24, 2.45) is 28.6 Å². The van der Waals surface area contributed by atoms with Crippen molar-refractivity contribution in [3.63, 3.8) is 0 Å². The zero-order chi connectivity index (χ0) is 15.8. The van der Waals surface area contributed by atoms with Gasteiger partial charge in [-0.25, -0.2) is 0 Å². The number of fused-ring (bicyclic) bond motifs is 3. The van der Waals surface area contributed by atoms with Crippen molar-refractivity contribution in [3.05, 3.63) is 0 Å². The van der Waals surface area contributed by atoms with Crippen LogP contribution in [0.15, 0.2) is 0 Å². The van der Waals surface area contributed by atoms with E-state index in [1.807, 2.05) is 0 Å². The molecule has 0 heterocycles. The van der Waals surface area contributed by atoms with E-state index >= 15 is 0 Å². The van der Waals surface area contributed by atoms with Crippen LogP contribution in [-0.2, 0) is 0 Å². The predicted molar refractivity (Wildman–Crippen MR) is 85.2 cm³/mol. The van der Waals surface area contributed by atoms with Gasteiger partial charge in [0.2, 0.25) is 0 Å². The van der Waals surface area contributed by atoms with Gasteiger partial charge in [0.1, 0.15) is 0 Å². The smallest absolute Gasteiger partial charge is 0.0910 e. The first-order valence-corrected chi connectivity index (χ1v) is 9.31. The number of hydrogen-bond donors (Lipinski definition) is 3. The molecule has 0 saturated heterocycles. The second-order valence-corrected chi connectivity index (χ2v) is 9.64. The summed E-state index contributed by atoms with van der Waals surface area (Å²) in [4.78, 5) is 0. The minimum absolute atomic E-state index is 0.0794. The molecule has 0 unspecified atom stereocenters. The van der Waals surface area contributed by atoms with Gasteiger partial charge in [0.05, 0.1) is 17.8 Å². The average molecular weight is 308 g/mol. The van der Waals surface area contributed by atoms with Crippen LogP contribution in [0.3, 0.4) is 0 Å². The van der Waals surface area contributed by atoms with E-state index in [0.29, 0.717) is 11.8 Å². The SMILES string of the molecule is C[C@@]12CCC[C@@](C)(O)[C@H]1CC[C@@]13C[C@H](CC[C@H]12)[C@](O)(CO)C3. The van der Waals surface area contributed by atoms with Gasteiger partial charge in [-0.3, -0.25) is 0 Å². The van der Waals surface area contributed by atoms with Gasteiger partial charge in [-0.2, -0.15) is 0 Å². The van der Waals surface area contributed by atoms with Crippen molar-refractivity contribution in [3.8, 4) is 0 Å². The van der Waals surface area contributed by atoms with Crippen molar-refractivity contribution < 1.29 is 15.3 Å². The molecule has 4 aliphatic rings. The van der Waals surface area contributed by atoms with Gasteiger partial charge in [0.15, 0.2) is 0 Å². The molecule has 0 amide bonds. The third kappa shape index (κ3) is 1.79. The van der Waals surface area contributed by atoms with Crippen LogP contribution >= 0.6 is 0 Å². The fourth-order valence-electron chi connectivity index (χ4n) is 7.77. The monoisotopic (exact) mass is 308 g/mol. The van der Waals surface area contributed by atoms with Crippen LogP contribution in [-0.4, -0.2) is 33.1 Å². The van der Waals surface area contributed by atoms with Crippen LogP contribution in [0.5, 0.6) is 0 Å². The maximum atomic E-state index is 11.0. The Kier molecular flexibility index (Phi) is 3.14. The van der Waals surface area contributed by atoms with Crippen LogP contribution < -0.4 is 0 Å². The van der Waals surface area contributed by atoms with E-state index in [2.05, 4.69) is 13.8 Å². The lowest BCUT2D eigenvalue weighted by atomic mass is 9.43. The first-order valence-electron chi connectivity index (χ1n) is 9.31. The van der Waals surface area contributed by atoms with Gasteiger partial charge in [-0.1, -0.05) is 13.3 Å². The lowest BCUT2D eigenvalue weighted by Crippen LogP contribution is -2.58. The Morgan fingerprint density at radius 2 is 1.73 bits per heavy atom. The molecular weight excluding hydrogens is 276 g/mol. The van der Waals surface area contributed by atoms with Gasteiger partial charge in [-0.15, -0.1) is 0 Å². The Labute approximate surface area is 134 Å². The van der Waals surface area contributed by atoms with Crippen molar-refractivity contribution in [1.82, 2.24) is 0 Å². The first-order chi connectivity index (χ1) is 10.3. The van der Waals surface area contributed by atoms with E-state index in [1.54, 1.807) is 0 Å². The zero-order valence-corrected chi connectivity index (χ0v) is 14.1. The summed E-state index contributed by atoms with van der Waals surface area (Å²) in [5.41, 5.74) is -0.919. The van der Waals surface area contributed by atoms with Crippen LogP contribution in [0.4, 0.5) is 0 Å². The molecule has 22 heavy (non-hydrogen) atoms. The molecule has 0 aromatic heterocycles. The lowest BCUT2D eigenvalue weighted by Gasteiger charge is -2.63. The molecule has 0 radical (unpaired) electrons. The molecule has 126 valence electrons. The number of rotatable bonds is 1. The number of aliphatic hydroxyl groups excluding tert-OH is 1. The highest BCUT2D eigenvalue weighted by molar-refractivity contribution is 5.17. The van der Waals surface area contributed by atoms with Gasteiger partial charge in [0.25, 0.3) is 0 Å². The van der Waals surface area contributed by atoms with E-state index in [0.717, 1.165) is 44.9 Å². The third-order valence-electron chi connectivity index (χ3n) is 8.56. The molecular formula is C19H32O3. The van der Waals surface area contributed by atoms with E-state index in [9.17, 15) is 15.3 Å². The molecule has 2 bridgehead atoms. The molecule has 1 spiro atoms. The molecule has 0 aromatic carbocycles. The maximum Gasteiger partial charge on any atom is 0.0910 e. The highest BCUT2D eigenvalue weighted by atomic mass is 16.3. The summed E-state index contributed by atoms with van der Waals surface area (Å²) in [7, 11) is 0. The standard InChI is InChI=1S/C19H32O3/c1-16-7-3-8-17(2,21)14(16)6-9-18-10-13(4-5-15(16)18)19(22,11-18)12-20/h13-15,20-22H,3-12H2,1-2H3/t13-,14-,15-,16+,17+,18-,19+/m0/s1. The van der Waals surface area contributed by atoms with E-state index in [-0.39, 0.29) is 23.4 Å². The summed E-state index contributed by atoms with van der Waals surface area (Å²) < 4.78 is 0. The minimum Gasteiger partial charge on any atom is -0.393 e. The van der Waals surface area contributed by atoms with Crippen molar-refractivity contribution >= 4 is 0 Å². The maximum absolute atomic E-state index is 11.0. The molecule has 7 atom stereocenters. The van der Waals surface area contributed by atoms with Gasteiger partial charge < -0.3 is 15.3 Å². The fourth-order valence-corrected chi connectivity index (χ4v) is 7.77. The highest BCUT2D eigenvalue weighted by Crippen LogP contribution is 2.71.